The quantitative estimate of drug-likeness (QED) is 0.481. The molecule has 0 heterocycles. The lowest BCUT2D eigenvalue weighted by Gasteiger charge is -2.61. The molecule has 1 aromatic rings. The molecule has 1 saturated carbocycles. The zero-order chi connectivity index (χ0) is 22.4. The Kier molecular flexibility index (Phi) is 6.58. The number of aryl methyl sites for hydroxylation is 2. The largest absolute Gasteiger partial charge is 0.850 e. The summed E-state index contributed by atoms with van der Waals surface area (Å²) in [6.45, 7) is 8.33. The fourth-order valence-electron chi connectivity index (χ4n) is 4.60. The Morgan fingerprint density at radius 3 is 2.28 bits per heavy atom. The number of non-ortho nitro benzene ring substituents is 1. The summed E-state index contributed by atoms with van der Waals surface area (Å²) in [6, 6.07) is 13.4. The van der Waals surface area contributed by atoms with E-state index in [0.29, 0.717) is 11.6 Å². The number of benzene rings is 1. The topological polar surface area (TPSA) is 101 Å². The first-order chi connectivity index (χ1) is 14.7. The molecule has 6 nitrogen and oxygen atoms in total. The van der Waals surface area contributed by atoms with Crippen LogP contribution in [0.1, 0.15) is 55.4 Å². The number of nitrogens with zero attached hydrogens (tertiary/aromatic N) is 1. The first-order valence-corrected chi connectivity index (χ1v) is 10.6. The van der Waals surface area contributed by atoms with Gasteiger partial charge in [-0.05, 0) is 65.1 Å². The zero-order valence-corrected chi connectivity index (χ0v) is 18.1. The Hall–Kier alpha value is -2.96. The molecule has 2 atom stereocenters. The van der Waals surface area contributed by atoms with Crippen molar-refractivity contribution in [1.82, 2.24) is 0 Å². The summed E-state index contributed by atoms with van der Waals surface area (Å²) in [4.78, 5) is 10.5. The van der Waals surface area contributed by atoms with Gasteiger partial charge in [0, 0.05) is 23.9 Å². The Balaban J connectivity index is 0.00000289. The molecule has 0 aromatic heterocycles. The number of hydrogen-bond donors (Lipinski definition) is 1. The Morgan fingerprint density at radius 1 is 0.969 bits per heavy atom. The molecule has 0 aliphatic heterocycles. The number of nitro benzene ring substituents is 1. The van der Waals surface area contributed by atoms with Gasteiger partial charge >= 0.3 is 0 Å². The second-order valence-electron chi connectivity index (χ2n) is 8.82. The zero-order valence-electron chi connectivity index (χ0n) is 18.1. The Labute approximate surface area is 189 Å². The van der Waals surface area contributed by atoms with Crippen LogP contribution in [-0.2, 0) is 0 Å². The number of nitrogens with one attached hydrogen (secondary N) is 1. The highest BCUT2D eigenvalue weighted by Crippen LogP contribution is 2.46. The van der Waals surface area contributed by atoms with E-state index in [1.807, 2.05) is 19.9 Å². The second-order valence-corrected chi connectivity index (χ2v) is 8.82. The first-order valence-electron chi connectivity index (χ1n) is 10.6. The molecule has 0 bridgehead atoms. The number of rotatable bonds is 5. The molecule has 2 unspecified atom stereocenters. The third-order valence-electron chi connectivity index (χ3n) is 6.42. The summed E-state index contributed by atoms with van der Waals surface area (Å²) >= 11 is 0. The maximum atomic E-state index is 13.1. The van der Waals surface area contributed by atoms with Crippen LogP contribution in [0.3, 0.4) is 0 Å². The van der Waals surface area contributed by atoms with E-state index < -0.39 is 29.1 Å². The molecule has 0 spiro atoms. The van der Waals surface area contributed by atoms with E-state index in [2.05, 4.69) is 37.4 Å². The van der Waals surface area contributed by atoms with Crippen molar-refractivity contribution >= 4 is 11.4 Å². The van der Waals surface area contributed by atoms with Crippen LogP contribution in [0.5, 0.6) is 0 Å². The van der Waals surface area contributed by atoms with Crippen LogP contribution >= 0.6 is 0 Å². The molecule has 170 valence electrons. The molecular weight excluding hydrogens is 404 g/mol. The summed E-state index contributed by atoms with van der Waals surface area (Å²) in [5.41, 5.74) is 6.61. The minimum absolute atomic E-state index is 0. The lowest BCUT2D eigenvalue weighted by molar-refractivity contribution is -0.530. The van der Waals surface area contributed by atoms with E-state index >= 15 is 0 Å². The van der Waals surface area contributed by atoms with Crippen LogP contribution < -0.4 is 15.5 Å². The third kappa shape index (κ3) is 3.96. The van der Waals surface area contributed by atoms with Crippen LogP contribution in [0.15, 0.2) is 48.5 Å². The van der Waals surface area contributed by atoms with E-state index in [4.69, 9.17) is 0 Å². The summed E-state index contributed by atoms with van der Waals surface area (Å²) < 4.78 is 0. The van der Waals surface area contributed by atoms with Crippen LogP contribution in [0, 0.1) is 24.0 Å². The second kappa shape index (κ2) is 8.88. The van der Waals surface area contributed by atoms with Gasteiger partial charge in [-0.2, -0.15) is 0 Å². The molecule has 0 radical (unpaired) electrons. The SMILES string of the molecule is C.Cc1cc(C2C([O-])C(Nc3cccc([N+](=O)[O-])c3)C2[O-])c2c(C)ccc(C(C)C)cc1-2. The van der Waals surface area contributed by atoms with E-state index in [-0.39, 0.29) is 13.1 Å². The standard InChI is InChI=1S/C25H26N2O4.CH4/c1-13(2)16-9-8-14(3)21-19(11-16)15(4)10-20(21)22-24(28)23(25(22)29)26-17-6-5-7-18(12-17)27(30)31;/h5-13,22-26H,1-4H3;1H4/q-2;. The lowest BCUT2D eigenvalue weighted by Crippen LogP contribution is -2.71. The van der Waals surface area contributed by atoms with E-state index in [0.717, 1.165) is 27.8 Å². The minimum atomic E-state index is -1.12. The number of anilines is 1. The van der Waals surface area contributed by atoms with Crippen molar-refractivity contribution in [2.45, 2.75) is 65.2 Å². The molecule has 0 amide bonds. The molecule has 1 fully saturated rings. The van der Waals surface area contributed by atoms with Gasteiger partial charge in [0.2, 0.25) is 0 Å². The maximum absolute atomic E-state index is 13.1. The monoisotopic (exact) mass is 434 g/mol. The molecular formula is C26H30N2O4-2. The van der Waals surface area contributed by atoms with Crippen LogP contribution in [0.2, 0.25) is 0 Å². The van der Waals surface area contributed by atoms with E-state index in [1.165, 1.54) is 17.7 Å². The smallest absolute Gasteiger partial charge is 0.271 e. The average molecular weight is 435 g/mol. The highest BCUT2D eigenvalue weighted by Gasteiger charge is 2.40. The van der Waals surface area contributed by atoms with Crippen molar-refractivity contribution < 1.29 is 15.1 Å². The lowest BCUT2D eigenvalue weighted by atomic mass is 9.69. The van der Waals surface area contributed by atoms with Crippen molar-refractivity contribution in [3.8, 4) is 11.1 Å². The first kappa shape index (κ1) is 23.7. The van der Waals surface area contributed by atoms with Gasteiger partial charge in [0.1, 0.15) is 0 Å². The number of hydrogen-bond acceptors (Lipinski definition) is 5. The summed E-state index contributed by atoms with van der Waals surface area (Å²) in [6.07, 6.45) is -2.25. The summed E-state index contributed by atoms with van der Waals surface area (Å²) in [7, 11) is 0. The molecule has 0 saturated heterocycles. The van der Waals surface area contributed by atoms with Crippen molar-refractivity contribution in [2.75, 3.05) is 5.32 Å². The highest BCUT2D eigenvalue weighted by atomic mass is 16.6. The predicted octanol–water partition coefficient (Wildman–Crippen LogP) is 4.11. The van der Waals surface area contributed by atoms with Crippen LogP contribution in [0.25, 0.3) is 11.1 Å². The van der Waals surface area contributed by atoms with Gasteiger partial charge < -0.3 is 15.5 Å². The summed E-state index contributed by atoms with van der Waals surface area (Å²) in [5.74, 6) is -0.268. The summed E-state index contributed by atoms with van der Waals surface area (Å²) in [5, 5.41) is 40.1. The maximum Gasteiger partial charge on any atom is 0.271 e. The van der Waals surface area contributed by atoms with Crippen LogP contribution in [0.4, 0.5) is 11.4 Å². The average Bonchev–Trinajstić information content (AvgIpc) is 2.92. The van der Waals surface area contributed by atoms with Crippen molar-refractivity contribution in [3.63, 3.8) is 0 Å². The number of fused-ring (bicyclic) bond motifs is 1. The molecule has 3 aliphatic rings. The van der Waals surface area contributed by atoms with Gasteiger partial charge in [-0.25, -0.2) is 0 Å². The van der Waals surface area contributed by atoms with Crippen molar-refractivity contribution in [1.29, 1.82) is 0 Å². The molecule has 3 aliphatic carbocycles. The Morgan fingerprint density at radius 2 is 1.66 bits per heavy atom. The van der Waals surface area contributed by atoms with E-state index in [9.17, 15) is 20.3 Å². The molecule has 32 heavy (non-hydrogen) atoms. The highest BCUT2D eigenvalue weighted by molar-refractivity contribution is 5.79. The minimum Gasteiger partial charge on any atom is -0.850 e. The molecule has 6 heteroatoms. The predicted molar refractivity (Wildman–Crippen MR) is 124 cm³/mol. The van der Waals surface area contributed by atoms with Crippen molar-refractivity contribution in [3.05, 3.63) is 80.9 Å². The van der Waals surface area contributed by atoms with Gasteiger partial charge in [0.15, 0.2) is 0 Å². The van der Waals surface area contributed by atoms with Crippen molar-refractivity contribution in [2.24, 2.45) is 0 Å². The Bertz CT molecular complexity index is 1100. The van der Waals surface area contributed by atoms with Gasteiger partial charge in [-0.3, -0.25) is 10.1 Å². The molecule has 1 aromatic carbocycles. The molecule has 4 rings (SSSR count). The van der Waals surface area contributed by atoms with Gasteiger partial charge in [-0.15, -0.1) is 12.2 Å². The number of nitro groups is 1. The normalized spacial score (nSPS) is 22.3. The third-order valence-corrected chi connectivity index (χ3v) is 6.42. The van der Waals surface area contributed by atoms with E-state index in [1.54, 1.807) is 12.1 Å². The molecule has 1 N–H and O–H groups in total. The fourth-order valence-corrected chi connectivity index (χ4v) is 4.60. The van der Waals surface area contributed by atoms with Gasteiger partial charge in [0.25, 0.3) is 5.69 Å². The van der Waals surface area contributed by atoms with Gasteiger partial charge in [-0.1, -0.05) is 51.6 Å². The van der Waals surface area contributed by atoms with Crippen LogP contribution in [-0.4, -0.2) is 23.2 Å². The van der Waals surface area contributed by atoms with Gasteiger partial charge in [0.05, 0.1) is 4.92 Å². The fraction of sp³-hybridized carbons (Fsp3) is 0.385.